The Morgan fingerprint density at radius 1 is 1.21 bits per heavy atom. The van der Waals surface area contributed by atoms with E-state index in [1.165, 1.54) is 0 Å². The molecule has 0 aromatic heterocycles. The van der Waals surface area contributed by atoms with Gasteiger partial charge in [0.1, 0.15) is 11.3 Å². The van der Waals surface area contributed by atoms with Crippen molar-refractivity contribution in [1.29, 1.82) is 0 Å². The van der Waals surface area contributed by atoms with Crippen molar-refractivity contribution in [2.45, 2.75) is 51.7 Å². The Hall–Kier alpha value is -2.60. The summed E-state index contributed by atoms with van der Waals surface area (Å²) < 4.78 is 10.9. The summed E-state index contributed by atoms with van der Waals surface area (Å²) in [5.41, 5.74) is -1.20. The van der Waals surface area contributed by atoms with Crippen molar-refractivity contribution >= 4 is 22.6 Å². The maximum Gasteiger partial charge on any atom is 0.330 e. The SMILES string of the molecule is CCOC1CC(NC(=O)[C@@H](C)c2ccc3cc(OC)ccc3c2)(C(=O)O)C1(C)C. The van der Waals surface area contributed by atoms with Crippen molar-refractivity contribution in [2.24, 2.45) is 5.41 Å². The van der Waals surface area contributed by atoms with E-state index in [4.69, 9.17) is 9.47 Å². The number of carboxylic acid groups (broad SMARTS) is 1. The van der Waals surface area contributed by atoms with Gasteiger partial charge in [-0.3, -0.25) is 4.79 Å². The lowest BCUT2D eigenvalue weighted by Gasteiger charge is -2.58. The topological polar surface area (TPSA) is 84.9 Å². The lowest BCUT2D eigenvalue weighted by molar-refractivity contribution is -0.194. The molecule has 1 aliphatic rings. The average molecular weight is 399 g/mol. The summed E-state index contributed by atoms with van der Waals surface area (Å²) in [4.78, 5) is 25.1. The number of aliphatic carboxylic acids is 1. The second-order valence-corrected chi connectivity index (χ2v) is 8.26. The zero-order valence-electron chi connectivity index (χ0n) is 17.6. The zero-order valence-corrected chi connectivity index (χ0v) is 17.6. The number of benzene rings is 2. The van der Waals surface area contributed by atoms with Gasteiger partial charge in [0.25, 0.3) is 0 Å². The number of amides is 1. The molecule has 0 bridgehead atoms. The van der Waals surface area contributed by atoms with Gasteiger partial charge in [-0.25, -0.2) is 4.79 Å². The van der Waals surface area contributed by atoms with E-state index < -0.39 is 22.8 Å². The number of carbonyl (C=O) groups is 2. The van der Waals surface area contributed by atoms with Crippen LogP contribution in [0.1, 0.15) is 45.6 Å². The van der Waals surface area contributed by atoms with Crippen LogP contribution in [0.15, 0.2) is 36.4 Å². The van der Waals surface area contributed by atoms with Crippen molar-refractivity contribution in [3.05, 3.63) is 42.0 Å². The third-order valence-corrected chi connectivity index (χ3v) is 6.43. The monoisotopic (exact) mass is 399 g/mol. The molecule has 2 unspecified atom stereocenters. The number of ether oxygens (including phenoxy) is 2. The minimum atomic E-state index is -1.33. The van der Waals surface area contributed by atoms with Crippen LogP contribution in [-0.4, -0.2) is 42.3 Å². The average Bonchev–Trinajstić information content (AvgIpc) is 2.70. The van der Waals surface area contributed by atoms with Crippen LogP contribution in [0.5, 0.6) is 5.75 Å². The smallest absolute Gasteiger partial charge is 0.330 e. The van der Waals surface area contributed by atoms with Crippen molar-refractivity contribution in [3.8, 4) is 5.75 Å². The van der Waals surface area contributed by atoms with Crippen LogP contribution in [-0.2, 0) is 14.3 Å². The van der Waals surface area contributed by atoms with Crippen LogP contribution < -0.4 is 10.1 Å². The normalized spacial score (nSPS) is 23.8. The molecule has 1 aliphatic carbocycles. The van der Waals surface area contributed by atoms with Crippen molar-refractivity contribution in [3.63, 3.8) is 0 Å². The molecule has 2 N–H and O–H groups in total. The van der Waals surface area contributed by atoms with E-state index in [2.05, 4.69) is 5.32 Å². The highest BCUT2D eigenvalue weighted by molar-refractivity contribution is 5.93. The molecule has 3 atom stereocenters. The Morgan fingerprint density at radius 3 is 2.45 bits per heavy atom. The Balaban J connectivity index is 1.82. The summed E-state index contributed by atoms with van der Waals surface area (Å²) in [5.74, 6) is -1.04. The van der Waals surface area contributed by atoms with Gasteiger partial charge in [-0.1, -0.05) is 38.1 Å². The molecule has 0 heterocycles. The largest absolute Gasteiger partial charge is 0.497 e. The summed E-state index contributed by atoms with van der Waals surface area (Å²) in [7, 11) is 1.62. The van der Waals surface area contributed by atoms with E-state index in [1.54, 1.807) is 14.0 Å². The van der Waals surface area contributed by atoms with Crippen molar-refractivity contribution in [2.75, 3.05) is 13.7 Å². The lowest BCUT2D eigenvalue weighted by Crippen LogP contribution is -2.76. The number of rotatable bonds is 7. The predicted molar refractivity (Wildman–Crippen MR) is 111 cm³/mol. The van der Waals surface area contributed by atoms with E-state index in [9.17, 15) is 14.7 Å². The zero-order chi connectivity index (χ0) is 21.4. The van der Waals surface area contributed by atoms with E-state index in [0.29, 0.717) is 6.61 Å². The fourth-order valence-corrected chi connectivity index (χ4v) is 4.15. The molecule has 2 aromatic rings. The third kappa shape index (κ3) is 3.46. The van der Waals surface area contributed by atoms with Crippen LogP contribution in [0.4, 0.5) is 0 Å². The summed E-state index contributed by atoms with van der Waals surface area (Å²) >= 11 is 0. The molecule has 3 rings (SSSR count). The summed E-state index contributed by atoms with van der Waals surface area (Å²) in [6, 6.07) is 11.6. The second kappa shape index (κ2) is 7.67. The predicted octanol–water partition coefficient (Wildman–Crippen LogP) is 3.73. The molecule has 1 amide bonds. The summed E-state index contributed by atoms with van der Waals surface area (Å²) in [5, 5.41) is 14.8. The standard InChI is InChI=1S/C23H29NO5/c1-6-29-19-13-23(21(26)27,22(19,3)4)24-20(25)14(2)15-7-8-17-12-18(28-5)10-9-16(17)11-15/h7-12,14,19H,6,13H2,1-5H3,(H,24,25)(H,26,27)/t14-,19?,23?/m0/s1. The van der Waals surface area contributed by atoms with E-state index in [0.717, 1.165) is 22.1 Å². The van der Waals surface area contributed by atoms with Gasteiger partial charge in [-0.15, -0.1) is 0 Å². The molecule has 156 valence electrons. The molecule has 1 saturated carbocycles. The number of fused-ring (bicyclic) bond motifs is 1. The fraction of sp³-hybridized carbons (Fsp3) is 0.478. The number of carbonyl (C=O) groups excluding carboxylic acids is 1. The number of carboxylic acids is 1. The maximum atomic E-state index is 13.0. The van der Waals surface area contributed by atoms with Gasteiger partial charge in [0, 0.05) is 18.4 Å². The lowest BCUT2D eigenvalue weighted by atomic mass is 9.54. The van der Waals surface area contributed by atoms with Crippen LogP contribution in [0, 0.1) is 5.41 Å². The molecule has 6 nitrogen and oxygen atoms in total. The molecule has 0 radical (unpaired) electrons. The molecule has 6 heteroatoms. The highest BCUT2D eigenvalue weighted by Crippen LogP contribution is 2.51. The Kier molecular flexibility index (Phi) is 5.59. The summed E-state index contributed by atoms with van der Waals surface area (Å²) in [6.07, 6.45) is 0.0638. The van der Waals surface area contributed by atoms with Gasteiger partial charge in [0.2, 0.25) is 5.91 Å². The number of hydrogen-bond donors (Lipinski definition) is 2. The molecule has 0 aliphatic heterocycles. The minimum Gasteiger partial charge on any atom is -0.497 e. The quantitative estimate of drug-likeness (QED) is 0.741. The highest BCUT2D eigenvalue weighted by Gasteiger charge is 2.66. The van der Waals surface area contributed by atoms with Gasteiger partial charge >= 0.3 is 5.97 Å². The second-order valence-electron chi connectivity index (χ2n) is 8.26. The maximum absolute atomic E-state index is 13.0. The van der Waals surface area contributed by atoms with Crippen molar-refractivity contribution < 1.29 is 24.2 Å². The highest BCUT2D eigenvalue weighted by atomic mass is 16.5. The number of hydrogen-bond acceptors (Lipinski definition) is 4. The Morgan fingerprint density at radius 2 is 1.86 bits per heavy atom. The van der Waals surface area contributed by atoms with Gasteiger partial charge in [-0.05, 0) is 42.3 Å². The summed E-state index contributed by atoms with van der Waals surface area (Å²) in [6.45, 7) is 7.85. The van der Waals surface area contributed by atoms with Crippen LogP contribution in [0.3, 0.4) is 0 Å². The van der Waals surface area contributed by atoms with E-state index >= 15 is 0 Å². The minimum absolute atomic E-state index is 0.199. The van der Waals surface area contributed by atoms with Crippen LogP contribution in [0.2, 0.25) is 0 Å². The number of methoxy groups -OCH3 is 1. The molecule has 1 fully saturated rings. The van der Waals surface area contributed by atoms with Crippen molar-refractivity contribution in [1.82, 2.24) is 5.32 Å². The first-order chi connectivity index (χ1) is 13.7. The first-order valence-corrected chi connectivity index (χ1v) is 9.91. The first kappa shape index (κ1) is 21.1. The van der Waals surface area contributed by atoms with Crippen LogP contribution in [0.25, 0.3) is 10.8 Å². The van der Waals surface area contributed by atoms with E-state index in [-0.39, 0.29) is 18.4 Å². The first-order valence-electron chi connectivity index (χ1n) is 9.91. The van der Waals surface area contributed by atoms with Gasteiger partial charge in [-0.2, -0.15) is 0 Å². The molecule has 2 aromatic carbocycles. The molecular formula is C23H29NO5. The molecule has 29 heavy (non-hydrogen) atoms. The van der Waals surface area contributed by atoms with E-state index in [1.807, 2.05) is 57.2 Å². The third-order valence-electron chi connectivity index (χ3n) is 6.43. The molecular weight excluding hydrogens is 370 g/mol. The Labute approximate surface area is 171 Å². The Bertz CT molecular complexity index is 938. The number of nitrogens with one attached hydrogen (secondary N) is 1. The fourth-order valence-electron chi connectivity index (χ4n) is 4.15. The van der Waals surface area contributed by atoms with Gasteiger partial charge in [0.15, 0.2) is 0 Å². The van der Waals surface area contributed by atoms with Crippen LogP contribution >= 0.6 is 0 Å². The van der Waals surface area contributed by atoms with Gasteiger partial charge < -0.3 is 19.9 Å². The van der Waals surface area contributed by atoms with Gasteiger partial charge in [0.05, 0.1) is 19.1 Å². The molecule has 0 saturated heterocycles. The molecule has 0 spiro atoms.